The average Bonchev–Trinajstić information content (AvgIpc) is 3.02. The highest BCUT2D eigenvalue weighted by atomic mass is 31.2. The van der Waals surface area contributed by atoms with Crippen molar-refractivity contribution < 1.29 is 37.6 Å². The Bertz CT molecular complexity index is 805. The largest absolute Gasteiger partial charge is 0.472 e. The van der Waals surface area contributed by atoms with E-state index in [1.807, 2.05) is 0 Å². The first kappa shape index (κ1) is 43.5. The number of phosphoric acid groups is 1. The van der Waals surface area contributed by atoms with Gasteiger partial charge >= 0.3 is 19.8 Å². The standard InChI is InChI=1S/C35H66NO8P/c1-3-5-7-9-11-13-14-15-16-17-18-20-21-23-25-27-34(37)41-31-33(32-43-45(39,40)42-30-29-36)44-35(38)28-26-24-22-19-12-10-8-6-4-2/h11,13,15-16,33H,3-10,12,14,17-32,36H2,1-2H3,(H,39,40)/b13-11-,16-15-/t33-/m1/s1. The maximum atomic E-state index is 12.4. The Hall–Kier alpha value is -1.51. The first-order valence-corrected chi connectivity index (χ1v) is 19.3. The van der Waals surface area contributed by atoms with Crippen molar-refractivity contribution in [3.05, 3.63) is 24.3 Å². The quantitative estimate of drug-likeness (QED) is 0.0306. The molecule has 10 heteroatoms. The molecule has 0 saturated carbocycles. The second-order valence-electron chi connectivity index (χ2n) is 11.7. The molecule has 0 aromatic rings. The molecule has 0 radical (unpaired) electrons. The molecule has 0 aliphatic carbocycles. The molecule has 0 aliphatic rings. The van der Waals surface area contributed by atoms with E-state index in [4.69, 9.17) is 24.3 Å². The number of carbonyl (C=O) groups is 2. The van der Waals surface area contributed by atoms with E-state index in [-0.39, 0.29) is 32.6 Å². The molecular weight excluding hydrogens is 593 g/mol. The van der Waals surface area contributed by atoms with Crippen LogP contribution in [0.25, 0.3) is 0 Å². The molecule has 3 N–H and O–H groups in total. The molecule has 0 spiro atoms. The van der Waals surface area contributed by atoms with Crippen molar-refractivity contribution in [2.75, 3.05) is 26.4 Å². The van der Waals surface area contributed by atoms with Crippen LogP contribution in [0.2, 0.25) is 0 Å². The summed E-state index contributed by atoms with van der Waals surface area (Å²) in [6.07, 6.45) is 30.7. The summed E-state index contributed by atoms with van der Waals surface area (Å²) in [5.41, 5.74) is 5.31. The second kappa shape index (κ2) is 32.4. The maximum Gasteiger partial charge on any atom is 0.472 e. The molecule has 0 saturated heterocycles. The van der Waals surface area contributed by atoms with Gasteiger partial charge in [-0.1, -0.05) is 122 Å². The van der Waals surface area contributed by atoms with Crippen LogP contribution in [0.3, 0.4) is 0 Å². The van der Waals surface area contributed by atoms with E-state index >= 15 is 0 Å². The molecule has 2 atom stereocenters. The fourth-order valence-electron chi connectivity index (χ4n) is 4.66. The van der Waals surface area contributed by atoms with Crippen molar-refractivity contribution in [2.45, 2.75) is 161 Å². The van der Waals surface area contributed by atoms with E-state index in [2.05, 4.69) is 38.2 Å². The normalized spacial score (nSPS) is 13.8. The zero-order valence-electron chi connectivity index (χ0n) is 28.6. The maximum absolute atomic E-state index is 12.4. The fourth-order valence-corrected chi connectivity index (χ4v) is 5.43. The zero-order valence-corrected chi connectivity index (χ0v) is 29.5. The molecule has 0 amide bonds. The second-order valence-corrected chi connectivity index (χ2v) is 13.2. The van der Waals surface area contributed by atoms with E-state index in [9.17, 15) is 19.0 Å². The van der Waals surface area contributed by atoms with Gasteiger partial charge in [0, 0.05) is 19.4 Å². The highest BCUT2D eigenvalue weighted by Crippen LogP contribution is 2.43. The monoisotopic (exact) mass is 659 g/mol. The summed E-state index contributed by atoms with van der Waals surface area (Å²) >= 11 is 0. The van der Waals surface area contributed by atoms with E-state index in [0.717, 1.165) is 64.2 Å². The van der Waals surface area contributed by atoms with Crippen LogP contribution in [0.4, 0.5) is 0 Å². The van der Waals surface area contributed by atoms with E-state index < -0.39 is 32.5 Å². The Morgan fingerprint density at radius 1 is 0.667 bits per heavy atom. The van der Waals surface area contributed by atoms with Gasteiger partial charge in [-0.25, -0.2) is 4.57 Å². The van der Waals surface area contributed by atoms with Gasteiger partial charge in [0.25, 0.3) is 0 Å². The number of rotatable bonds is 33. The minimum Gasteiger partial charge on any atom is -0.462 e. The molecular formula is C35H66NO8P. The molecule has 1 unspecified atom stereocenters. The molecule has 0 rings (SSSR count). The molecule has 0 fully saturated rings. The molecule has 0 aromatic heterocycles. The SMILES string of the molecule is CCCCC/C=C\C/C=C\CCCCCCCC(=O)OC[C@H](COP(=O)(O)OCCN)OC(=O)CCCCCCCCCCC. The van der Waals surface area contributed by atoms with Gasteiger partial charge in [0.05, 0.1) is 13.2 Å². The van der Waals surface area contributed by atoms with Crippen molar-refractivity contribution in [3.63, 3.8) is 0 Å². The molecule has 264 valence electrons. The summed E-state index contributed by atoms with van der Waals surface area (Å²) in [6.45, 7) is 3.64. The summed E-state index contributed by atoms with van der Waals surface area (Å²) in [7, 11) is -4.36. The third kappa shape index (κ3) is 32.2. The average molecular weight is 660 g/mol. The van der Waals surface area contributed by atoms with Crippen LogP contribution in [-0.2, 0) is 32.7 Å². The minimum absolute atomic E-state index is 0.0524. The Labute approximate surface area is 274 Å². The van der Waals surface area contributed by atoms with Crippen molar-refractivity contribution in [1.82, 2.24) is 0 Å². The Balaban J connectivity index is 4.25. The van der Waals surface area contributed by atoms with Crippen LogP contribution in [0.15, 0.2) is 24.3 Å². The topological polar surface area (TPSA) is 134 Å². The van der Waals surface area contributed by atoms with E-state index in [0.29, 0.717) is 6.42 Å². The summed E-state index contributed by atoms with van der Waals surface area (Å²) in [6, 6.07) is 0. The number of hydrogen-bond donors (Lipinski definition) is 2. The first-order valence-electron chi connectivity index (χ1n) is 17.8. The highest BCUT2D eigenvalue weighted by molar-refractivity contribution is 7.47. The predicted octanol–water partition coefficient (Wildman–Crippen LogP) is 9.27. The van der Waals surface area contributed by atoms with E-state index in [1.54, 1.807) is 0 Å². The lowest BCUT2D eigenvalue weighted by Gasteiger charge is -2.19. The number of hydrogen-bond acceptors (Lipinski definition) is 8. The van der Waals surface area contributed by atoms with Crippen molar-refractivity contribution in [1.29, 1.82) is 0 Å². The third-order valence-electron chi connectivity index (χ3n) is 7.34. The molecule has 0 heterocycles. The van der Waals surface area contributed by atoms with Crippen molar-refractivity contribution in [2.24, 2.45) is 5.73 Å². The highest BCUT2D eigenvalue weighted by Gasteiger charge is 2.25. The number of carbonyl (C=O) groups excluding carboxylic acids is 2. The van der Waals surface area contributed by atoms with Crippen LogP contribution in [0, 0.1) is 0 Å². The minimum atomic E-state index is -4.36. The summed E-state index contributed by atoms with van der Waals surface area (Å²) < 4.78 is 32.5. The van der Waals surface area contributed by atoms with Gasteiger partial charge in [-0.05, 0) is 44.9 Å². The zero-order chi connectivity index (χ0) is 33.3. The summed E-state index contributed by atoms with van der Waals surface area (Å²) in [5, 5.41) is 0. The number of ether oxygens (including phenoxy) is 2. The predicted molar refractivity (Wildman–Crippen MR) is 183 cm³/mol. The van der Waals surface area contributed by atoms with Gasteiger partial charge in [0.15, 0.2) is 6.10 Å². The van der Waals surface area contributed by atoms with Crippen LogP contribution in [0.5, 0.6) is 0 Å². The van der Waals surface area contributed by atoms with Gasteiger partial charge in [-0.15, -0.1) is 0 Å². The Morgan fingerprint density at radius 2 is 1.16 bits per heavy atom. The first-order chi connectivity index (χ1) is 21.8. The molecule has 45 heavy (non-hydrogen) atoms. The summed E-state index contributed by atoms with van der Waals surface area (Å²) in [4.78, 5) is 34.5. The fraction of sp³-hybridized carbons (Fsp3) is 0.829. The number of phosphoric ester groups is 1. The number of unbranched alkanes of at least 4 members (excludes halogenated alkanes) is 16. The summed E-state index contributed by atoms with van der Waals surface area (Å²) in [5.74, 6) is -0.848. The van der Waals surface area contributed by atoms with Crippen LogP contribution in [-0.4, -0.2) is 49.3 Å². The number of nitrogens with two attached hydrogens (primary N) is 1. The van der Waals surface area contributed by atoms with Crippen LogP contribution >= 0.6 is 7.82 Å². The Kier molecular flexibility index (Phi) is 31.3. The van der Waals surface area contributed by atoms with E-state index in [1.165, 1.54) is 57.8 Å². The smallest absolute Gasteiger partial charge is 0.462 e. The lowest BCUT2D eigenvalue weighted by atomic mass is 10.1. The molecule has 9 nitrogen and oxygen atoms in total. The Morgan fingerprint density at radius 3 is 1.73 bits per heavy atom. The van der Waals surface area contributed by atoms with Gasteiger partial charge in [-0.3, -0.25) is 18.6 Å². The van der Waals surface area contributed by atoms with Gasteiger partial charge < -0.3 is 20.1 Å². The third-order valence-corrected chi connectivity index (χ3v) is 8.32. The van der Waals surface area contributed by atoms with Crippen LogP contribution in [0.1, 0.15) is 155 Å². The van der Waals surface area contributed by atoms with Crippen molar-refractivity contribution >= 4 is 19.8 Å². The number of allylic oxidation sites excluding steroid dienone is 4. The van der Waals surface area contributed by atoms with Gasteiger partial charge in [-0.2, -0.15) is 0 Å². The lowest BCUT2D eigenvalue weighted by molar-refractivity contribution is -0.161. The molecule has 0 bridgehead atoms. The molecule has 0 aliphatic heterocycles. The lowest BCUT2D eigenvalue weighted by Crippen LogP contribution is -2.29. The number of esters is 2. The van der Waals surface area contributed by atoms with Gasteiger partial charge in [0.1, 0.15) is 6.61 Å². The van der Waals surface area contributed by atoms with Crippen molar-refractivity contribution in [3.8, 4) is 0 Å². The van der Waals surface area contributed by atoms with Crippen LogP contribution < -0.4 is 5.73 Å². The van der Waals surface area contributed by atoms with Gasteiger partial charge in [0.2, 0.25) is 0 Å². The molecule has 0 aromatic carbocycles.